The zero-order chi connectivity index (χ0) is 27.9. The van der Waals surface area contributed by atoms with Crippen molar-refractivity contribution in [3.8, 4) is 0 Å². The summed E-state index contributed by atoms with van der Waals surface area (Å²) in [6.07, 6.45) is -8.01. The third kappa shape index (κ3) is 15.2. The number of aliphatic hydroxyl groups is 4. The number of carbonyl (C=O) groups excluding carboxylic acids is 1. The second-order valence-electron chi connectivity index (χ2n) is 9.18. The molecule has 37 heavy (non-hydrogen) atoms. The van der Waals surface area contributed by atoms with E-state index in [2.05, 4.69) is 5.32 Å². The number of amides is 1. The first-order valence-corrected chi connectivity index (χ1v) is 13.7. The topological polar surface area (TPSA) is 211 Å². The van der Waals surface area contributed by atoms with Crippen molar-refractivity contribution in [3.63, 3.8) is 0 Å². The minimum atomic E-state index is -3.93. The van der Waals surface area contributed by atoms with Gasteiger partial charge in [-0.2, -0.15) is 8.42 Å². The van der Waals surface area contributed by atoms with Crippen LogP contribution in [0.2, 0.25) is 0 Å². The van der Waals surface area contributed by atoms with E-state index in [1.165, 1.54) is 0 Å². The third-order valence-corrected chi connectivity index (χ3v) is 6.32. The van der Waals surface area contributed by atoms with Gasteiger partial charge in [-0.1, -0.05) is 0 Å². The molecule has 0 aromatic heterocycles. The fourth-order valence-electron chi connectivity index (χ4n) is 3.29. The van der Waals surface area contributed by atoms with Crippen LogP contribution in [0.1, 0.15) is 6.42 Å². The lowest BCUT2D eigenvalue weighted by atomic mass is 9.98. The third-order valence-electron chi connectivity index (χ3n) is 5.51. The average molecular weight is 564 g/mol. The first kappa shape index (κ1) is 34.0. The van der Waals surface area contributed by atoms with Gasteiger partial charge in [-0.05, 0) is 0 Å². The Hall–Kier alpha value is -1.02. The molecule has 1 aliphatic heterocycles. The predicted octanol–water partition coefficient (Wildman–Crippen LogP) is -3.68. The summed E-state index contributed by atoms with van der Waals surface area (Å²) in [4.78, 5) is 12.0. The van der Waals surface area contributed by atoms with E-state index >= 15 is 0 Å². The quantitative estimate of drug-likeness (QED) is 0.0479. The smallest absolute Gasteiger partial charge is 0.265 e. The monoisotopic (exact) mass is 563 g/mol. The van der Waals surface area contributed by atoms with Crippen molar-refractivity contribution in [3.05, 3.63) is 0 Å². The number of rotatable bonds is 20. The Balaban J connectivity index is 1.91. The van der Waals surface area contributed by atoms with Crippen LogP contribution < -0.4 is 5.32 Å². The number of hydrogen-bond donors (Lipinski definition) is 6. The number of quaternary nitrogens is 1. The average Bonchev–Trinajstić information content (AvgIpc) is 2.81. The van der Waals surface area contributed by atoms with Crippen LogP contribution in [0.3, 0.4) is 0 Å². The van der Waals surface area contributed by atoms with E-state index in [1.54, 1.807) is 0 Å². The fraction of sp³-hybridized carbons (Fsp3) is 0.952. The number of carbonyl (C=O) groups is 1. The lowest BCUT2D eigenvalue weighted by Gasteiger charge is -2.37. The molecule has 2 unspecified atom stereocenters. The van der Waals surface area contributed by atoms with Gasteiger partial charge in [0.15, 0.2) is 12.4 Å². The zero-order valence-corrected chi connectivity index (χ0v) is 22.3. The minimum absolute atomic E-state index is 0.101. The Morgan fingerprint density at radius 3 is 1.86 bits per heavy atom. The van der Waals surface area contributed by atoms with Crippen molar-refractivity contribution >= 4 is 16.0 Å². The molecule has 0 aromatic rings. The van der Waals surface area contributed by atoms with Crippen molar-refractivity contribution in [2.45, 2.75) is 37.1 Å². The second kappa shape index (κ2) is 17.5. The molecule has 0 bridgehead atoms. The molecule has 6 N–H and O–H groups in total. The first-order valence-electron chi connectivity index (χ1n) is 12.1. The summed E-state index contributed by atoms with van der Waals surface area (Å²) in [5, 5.41) is 40.7. The lowest BCUT2D eigenvalue weighted by Crippen LogP contribution is -2.61. The Morgan fingerprint density at radius 2 is 1.32 bits per heavy atom. The largest absolute Gasteiger partial charge is 0.387 e. The summed E-state index contributed by atoms with van der Waals surface area (Å²) in [5.74, 6) is -0.999. The maximum absolute atomic E-state index is 12.0. The van der Waals surface area contributed by atoms with E-state index in [9.17, 15) is 33.6 Å². The van der Waals surface area contributed by atoms with Gasteiger partial charge in [-0.3, -0.25) is 9.35 Å². The molecule has 0 saturated carbocycles. The molecular formula is C21H43N2O13S+. The number of nitrogens with zero attached hydrogens (tertiary/aromatic N) is 1. The summed E-state index contributed by atoms with van der Waals surface area (Å²) in [6.45, 7) is 4.24. The highest BCUT2D eigenvalue weighted by atomic mass is 32.2. The molecule has 0 radical (unpaired) electrons. The van der Waals surface area contributed by atoms with E-state index < -0.39 is 46.7 Å². The SMILES string of the molecule is C[N+](C)(CCCS(=O)(=O)O)CCOCCOCCOCCOCCNC(=O)C1O[C@@H](O)[C@H](O)[C@H](O)C1O. The summed E-state index contributed by atoms with van der Waals surface area (Å²) < 4.78 is 57.3. The second-order valence-corrected chi connectivity index (χ2v) is 10.8. The van der Waals surface area contributed by atoms with Gasteiger partial charge >= 0.3 is 0 Å². The van der Waals surface area contributed by atoms with E-state index in [4.69, 9.17) is 28.2 Å². The van der Waals surface area contributed by atoms with Crippen molar-refractivity contribution in [2.75, 3.05) is 92.3 Å². The van der Waals surface area contributed by atoms with Crippen LogP contribution in [0.5, 0.6) is 0 Å². The molecule has 16 heteroatoms. The van der Waals surface area contributed by atoms with Crippen molar-refractivity contribution in [2.24, 2.45) is 0 Å². The van der Waals surface area contributed by atoms with Gasteiger partial charge in [-0.15, -0.1) is 0 Å². The number of nitrogens with one attached hydrogen (secondary N) is 1. The van der Waals surface area contributed by atoms with Gasteiger partial charge in [0, 0.05) is 13.0 Å². The Kier molecular flexibility index (Phi) is 16.1. The number of aliphatic hydroxyl groups excluding tert-OH is 4. The van der Waals surface area contributed by atoms with Gasteiger partial charge in [0.2, 0.25) is 0 Å². The minimum Gasteiger partial charge on any atom is -0.387 e. The molecule has 1 amide bonds. The zero-order valence-electron chi connectivity index (χ0n) is 21.4. The van der Waals surface area contributed by atoms with Crippen LogP contribution in [0.15, 0.2) is 0 Å². The molecule has 1 saturated heterocycles. The van der Waals surface area contributed by atoms with E-state index in [0.29, 0.717) is 63.6 Å². The standard InChI is InChI=1S/C21H42N2O13S/c1-23(2,5-3-15-37(29,30)31)6-8-33-10-12-35-14-13-34-11-9-32-7-4-22-20(27)19-17(25)16(24)18(26)21(28)36-19/h16-19,21,24-26,28H,3-15H2,1-2H3,(H-,22,27,29,30,31)/p+1/t16-,17?,18-,19?,21-/m1/s1. The number of likely N-dealkylation sites (N-methyl/N-ethyl adjacent to an activating group) is 1. The van der Waals surface area contributed by atoms with Crippen LogP contribution in [-0.2, 0) is 38.6 Å². The molecule has 1 rings (SSSR count). The van der Waals surface area contributed by atoms with Crippen molar-refractivity contribution < 1.29 is 66.4 Å². The summed E-state index contributed by atoms with van der Waals surface area (Å²) in [7, 11) is -0.00306. The molecule has 5 atom stereocenters. The van der Waals surface area contributed by atoms with Gasteiger partial charge in [0.1, 0.15) is 24.9 Å². The Bertz CT molecular complexity index is 740. The molecule has 1 fully saturated rings. The highest BCUT2D eigenvalue weighted by Gasteiger charge is 2.46. The molecular weight excluding hydrogens is 520 g/mol. The molecule has 15 nitrogen and oxygen atoms in total. The van der Waals surface area contributed by atoms with Crippen LogP contribution in [0.25, 0.3) is 0 Å². The summed E-state index contributed by atoms with van der Waals surface area (Å²) in [5.41, 5.74) is 0. The highest BCUT2D eigenvalue weighted by molar-refractivity contribution is 7.85. The Morgan fingerprint density at radius 1 is 0.811 bits per heavy atom. The van der Waals surface area contributed by atoms with Crippen LogP contribution >= 0.6 is 0 Å². The maximum atomic E-state index is 12.0. The predicted molar refractivity (Wildman–Crippen MR) is 128 cm³/mol. The van der Waals surface area contributed by atoms with E-state index in [1.807, 2.05) is 14.1 Å². The van der Waals surface area contributed by atoms with Gasteiger partial charge in [0.25, 0.3) is 16.0 Å². The molecule has 1 aliphatic rings. The van der Waals surface area contributed by atoms with Crippen LogP contribution in [0, 0.1) is 0 Å². The molecule has 0 aliphatic carbocycles. The molecule has 220 valence electrons. The van der Waals surface area contributed by atoms with Gasteiger partial charge < -0.3 is 53.9 Å². The molecule has 1 heterocycles. The number of hydrogen-bond acceptors (Lipinski definition) is 12. The van der Waals surface area contributed by atoms with Gasteiger partial charge in [0.05, 0.1) is 79.2 Å². The summed E-state index contributed by atoms with van der Waals surface area (Å²) >= 11 is 0. The Labute approximate surface area is 217 Å². The van der Waals surface area contributed by atoms with E-state index in [-0.39, 0.29) is 25.5 Å². The lowest BCUT2D eigenvalue weighted by molar-refractivity contribution is -0.890. The molecule has 0 aromatic carbocycles. The van der Waals surface area contributed by atoms with Crippen LogP contribution in [0.4, 0.5) is 0 Å². The first-order chi connectivity index (χ1) is 17.3. The van der Waals surface area contributed by atoms with Crippen molar-refractivity contribution in [1.29, 1.82) is 0 Å². The number of ether oxygens (including phenoxy) is 5. The highest BCUT2D eigenvalue weighted by Crippen LogP contribution is 2.19. The summed E-state index contributed by atoms with van der Waals surface area (Å²) in [6, 6.07) is 0. The van der Waals surface area contributed by atoms with Crippen molar-refractivity contribution in [1.82, 2.24) is 5.32 Å². The fourth-order valence-corrected chi connectivity index (χ4v) is 3.78. The molecule has 0 spiro atoms. The maximum Gasteiger partial charge on any atom is 0.265 e. The normalized spacial score (nSPS) is 24.8. The van der Waals surface area contributed by atoms with Crippen LogP contribution in [-0.4, -0.2) is 167 Å². The van der Waals surface area contributed by atoms with Gasteiger partial charge in [-0.25, -0.2) is 0 Å². The van der Waals surface area contributed by atoms with E-state index in [0.717, 1.165) is 0 Å².